The minimum atomic E-state index is 0.268. The van der Waals surface area contributed by atoms with Crippen molar-refractivity contribution in [3.63, 3.8) is 0 Å². The van der Waals surface area contributed by atoms with Crippen LogP contribution >= 0.6 is 22.9 Å². The largest absolute Gasteiger partial charge is 0.492 e. The van der Waals surface area contributed by atoms with Crippen molar-refractivity contribution in [1.29, 1.82) is 0 Å². The van der Waals surface area contributed by atoms with Gasteiger partial charge in [-0.1, -0.05) is 29.3 Å². The van der Waals surface area contributed by atoms with E-state index >= 15 is 0 Å². The van der Waals surface area contributed by atoms with Crippen LogP contribution in [0.2, 0.25) is 4.34 Å². The maximum Gasteiger partial charge on any atom is 0.119 e. The molecule has 0 bridgehead atoms. The Labute approximate surface area is 129 Å². The Kier molecular flexibility index (Phi) is 5.46. The summed E-state index contributed by atoms with van der Waals surface area (Å²) in [6.07, 6.45) is 0. The first kappa shape index (κ1) is 15.4. The second-order valence-electron chi connectivity index (χ2n) is 5.10. The van der Waals surface area contributed by atoms with E-state index in [9.17, 15) is 0 Å². The molecular weight excluding hydrogens is 290 g/mol. The molecule has 2 rings (SSSR count). The third kappa shape index (κ3) is 4.51. The van der Waals surface area contributed by atoms with Crippen molar-refractivity contribution < 1.29 is 4.74 Å². The third-order valence-electron chi connectivity index (χ3n) is 3.14. The number of aryl methyl sites for hydroxylation is 1. The molecule has 1 aromatic heterocycles. The average Bonchev–Trinajstić information content (AvgIpc) is 2.85. The summed E-state index contributed by atoms with van der Waals surface area (Å²) in [5, 5.41) is 5.60. The number of hydrogen-bond acceptors (Lipinski definition) is 3. The average molecular weight is 310 g/mol. The van der Waals surface area contributed by atoms with Crippen LogP contribution in [0.4, 0.5) is 0 Å². The number of ether oxygens (including phenoxy) is 1. The van der Waals surface area contributed by atoms with Crippen molar-refractivity contribution in [3.05, 3.63) is 51.2 Å². The topological polar surface area (TPSA) is 21.3 Å². The molecule has 0 saturated carbocycles. The molecule has 0 aliphatic heterocycles. The summed E-state index contributed by atoms with van der Waals surface area (Å²) in [5.74, 6) is 0.912. The number of nitrogens with one attached hydrogen (secondary N) is 1. The van der Waals surface area contributed by atoms with Crippen LogP contribution in [0.15, 0.2) is 35.7 Å². The van der Waals surface area contributed by atoms with Gasteiger partial charge in [-0.05, 0) is 49.9 Å². The van der Waals surface area contributed by atoms with E-state index in [4.69, 9.17) is 16.3 Å². The molecule has 0 aliphatic rings. The van der Waals surface area contributed by atoms with Gasteiger partial charge in [0.1, 0.15) is 12.4 Å². The molecule has 2 nitrogen and oxygen atoms in total. The lowest BCUT2D eigenvalue weighted by atomic mass is 10.1. The standard InChI is InChI=1S/C16H20ClNOS/c1-11-4-6-15(7-5-11)19-9-12(2)18-13(3)14-8-16(17)20-10-14/h4-8,10,12-13,18H,9H2,1-3H3. The zero-order valence-corrected chi connectivity index (χ0v) is 13.6. The molecule has 0 amide bonds. The summed E-state index contributed by atoms with van der Waals surface area (Å²) in [5.41, 5.74) is 2.47. The number of hydrogen-bond donors (Lipinski definition) is 1. The van der Waals surface area contributed by atoms with Crippen LogP contribution in [-0.4, -0.2) is 12.6 Å². The first-order chi connectivity index (χ1) is 9.54. The van der Waals surface area contributed by atoms with E-state index < -0.39 is 0 Å². The van der Waals surface area contributed by atoms with Crippen molar-refractivity contribution >= 4 is 22.9 Å². The van der Waals surface area contributed by atoms with Gasteiger partial charge in [-0.2, -0.15) is 0 Å². The summed E-state index contributed by atoms with van der Waals surface area (Å²) in [6, 6.07) is 10.7. The highest BCUT2D eigenvalue weighted by Crippen LogP contribution is 2.24. The van der Waals surface area contributed by atoms with Gasteiger partial charge < -0.3 is 10.1 Å². The van der Waals surface area contributed by atoms with E-state index in [0.29, 0.717) is 6.61 Å². The SMILES string of the molecule is Cc1ccc(OCC(C)NC(C)c2csc(Cl)c2)cc1. The number of benzene rings is 1. The maximum absolute atomic E-state index is 5.96. The molecule has 2 unspecified atom stereocenters. The normalized spacial score (nSPS) is 14.0. The molecule has 108 valence electrons. The van der Waals surface area contributed by atoms with Gasteiger partial charge in [0.25, 0.3) is 0 Å². The van der Waals surface area contributed by atoms with Gasteiger partial charge in [0.2, 0.25) is 0 Å². The van der Waals surface area contributed by atoms with Crippen molar-refractivity contribution in [2.75, 3.05) is 6.61 Å². The quantitative estimate of drug-likeness (QED) is 0.825. The van der Waals surface area contributed by atoms with E-state index in [1.54, 1.807) is 11.3 Å². The molecule has 1 N–H and O–H groups in total. The molecule has 0 saturated heterocycles. The lowest BCUT2D eigenvalue weighted by Gasteiger charge is -2.20. The Hall–Kier alpha value is -1.03. The molecule has 1 aromatic carbocycles. The fourth-order valence-corrected chi connectivity index (χ4v) is 2.96. The Balaban J connectivity index is 1.80. The number of rotatable bonds is 6. The zero-order valence-electron chi connectivity index (χ0n) is 12.0. The Bertz CT molecular complexity index is 538. The fourth-order valence-electron chi connectivity index (χ4n) is 1.98. The summed E-state index contributed by atoms with van der Waals surface area (Å²) in [4.78, 5) is 0. The van der Waals surface area contributed by atoms with E-state index in [-0.39, 0.29) is 12.1 Å². The summed E-state index contributed by atoms with van der Waals surface area (Å²) in [7, 11) is 0. The van der Waals surface area contributed by atoms with E-state index in [1.165, 1.54) is 11.1 Å². The predicted molar refractivity (Wildman–Crippen MR) is 87.0 cm³/mol. The summed E-state index contributed by atoms with van der Waals surface area (Å²) >= 11 is 7.53. The molecule has 0 spiro atoms. The van der Waals surface area contributed by atoms with Crippen LogP contribution in [0.1, 0.15) is 31.0 Å². The van der Waals surface area contributed by atoms with Gasteiger partial charge in [-0.25, -0.2) is 0 Å². The summed E-state index contributed by atoms with van der Waals surface area (Å²) in [6.45, 7) is 6.98. The van der Waals surface area contributed by atoms with Crippen LogP contribution in [0.3, 0.4) is 0 Å². The van der Waals surface area contributed by atoms with Crippen LogP contribution < -0.4 is 10.1 Å². The minimum absolute atomic E-state index is 0.268. The first-order valence-corrected chi connectivity index (χ1v) is 8.00. The first-order valence-electron chi connectivity index (χ1n) is 6.74. The molecule has 4 heteroatoms. The molecule has 0 radical (unpaired) electrons. The lowest BCUT2D eigenvalue weighted by Crippen LogP contribution is -2.33. The van der Waals surface area contributed by atoms with Gasteiger partial charge in [0.05, 0.1) is 4.34 Å². The second kappa shape index (κ2) is 7.11. The zero-order chi connectivity index (χ0) is 14.5. The molecule has 2 aromatic rings. The van der Waals surface area contributed by atoms with E-state index in [1.807, 2.05) is 18.2 Å². The molecule has 0 aliphatic carbocycles. The van der Waals surface area contributed by atoms with Crippen molar-refractivity contribution in [2.45, 2.75) is 32.9 Å². The minimum Gasteiger partial charge on any atom is -0.492 e. The Morgan fingerprint density at radius 2 is 1.95 bits per heavy atom. The summed E-state index contributed by atoms with van der Waals surface area (Å²) < 4.78 is 6.61. The van der Waals surface area contributed by atoms with Gasteiger partial charge in [-0.3, -0.25) is 0 Å². The van der Waals surface area contributed by atoms with Crippen LogP contribution in [0.25, 0.3) is 0 Å². The van der Waals surface area contributed by atoms with E-state index in [2.05, 4.69) is 43.6 Å². The van der Waals surface area contributed by atoms with Crippen molar-refractivity contribution in [1.82, 2.24) is 5.32 Å². The van der Waals surface area contributed by atoms with Gasteiger partial charge >= 0.3 is 0 Å². The van der Waals surface area contributed by atoms with Gasteiger partial charge in [-0.15, -0.1) is 11.3 Å². The van der Waals surface area contributed by atoms with Crippen LogP contribution in [-0.2, 0) is 0 Å². The molecular formula is C16H20ClNOS. The molecule has 0 fully saturated rings. The highest BCUT2D eigenvalue weighted by Gasteiger charge is 2.11. The van der Waals surface area contributed by atoms with Crippen molar-refractivity contribution in [2.24, 2.45) is 0 Å². The van der Waals surface area contributed by atoms with Crippen LogP contribution in [0.5, 0.6) is 5.75 Å². The highest BCUT2D eigenvalue weighted by molar-refractivity contribution is 7.14. The lowest BCUT2D eigenvalue weighted by molar-refractivity contribution is 0.264. The maximum atomic E-state index is 5.96. The highest BCUT2D eigenvalue weighted by atomic mass is 35.5. The second-order valence-corrected chi connectivity index (χ2v) is 6.64. The van der Waals surface area contributed by atoms with Gasteiger partial charge in [0.15, 0.2) is 0 Å². The smallest absolute Gasteiger partial charge is 0.119 e. The number of thiophene rings is 1. The van der Waals surface area contributed by atoms with Crippen molar-refractivity contribution in [3.8, 4) is 5.75 Å². The third-order valence-corrected chi connectivity index (χ3v) is 4.25. The molecule has 20 heavy (non-hydrogen) atoms. The number of halogens is 1. The predicted octanol–water partition coefficient (Wildman–Crippen LogP) is 4.83. The fraction of sp³-hybridized carbons (Fsp3) is 0.375. The van der Waals surface area contributed by atoms with Gasteiger partial charge in [0, 0.05) is 12.1 Å². The monoisotopic (exact) mass is 309 g/mol. The van der Waals surface area contributed by atoms with Crippen LogP contribution in [0, 0.1) is 6.92 Å². The van der Waals surface area contributed by atoms with E-state index in [0.717, 1.165) is 10.1 Å². The molecule has 2 atom stereocenters. The molecule has 1 heterocycles. The Morgan fingerprint density at radius 3 is 2.55 bits per heavy atom. The Morgan fingerprint density at radius 1 is 1.25 bits per heavy atom.